The minimum atomic E-state index is 0. The fourth-order valence-electron chi connectivity index (χ4n) is 3.41. The van der Waals surface area contributed by atoms with Gasteiger partial charge in [-0.25, -0.2) is 9.67 Å². The molecule has 0 radical (unpaired) electrons. The van der Waals surface area contributed by atoms with Crippen molar-refractivity contribution >= 4 is 29.9 Å². The first-order valence-corrected chi connectivity index (χ1v) is 9.70. The summed E-state index contributed by atoms with van der Waals surface area (Å²) in [5, 5.41) is 11.4. The van der Waals surface area contributed by atoms with Crippen molar-refractivity contribution in [2.24, 2.45) is 4.99 Å². The lowest BCUT2D eigenvalue weighted by atomic mass is 10.1. The Hall–Kier alpha value is -1.84. The van der Waals surface area contributed by atoms with Crippen LogP contribution in [0, 0.1) is 13.8 Å². The van der Waals surface area contributed by atoms with Gasteiger partial charge in [-0.1, -0.05) is 12.1 Å². The molecular weight excluding hydrogens is 467 g/mol. The number of aromatic nitrogens is 3. The molecule has 7 nitrogen and oxygen atoms in total. The van der Waals surface area contributed by atoms with Gasteiger partial charge in [-0.05, 0) is 57.2 Å². The Labute approximate surface area is 184 Å². The maximum Gasteiger partial charge on any atom is 0.191 e. The average Bonchev–Trinajstić information content (AvgIpc) is 3.04. The van der Waals surface area contributed by atoms with Crippen LogP contribution < -0.4 is 15.4 Å². The van der Waals surface area contributed by atoms with Gasteiger partial charge in [-0.15, -0.1) is 24.0 Å². The second-order valence-corrected chi connectivity index (χ2v) is 6.89. The Bertz CT molecular complexity index is 804. The first-order valence-electron chi connectivity index (χ1n) is 9.70. The van der Waals surface area contributed by atoms with Crippen molar-refractivity contribution in [3.05, 3.63) is 41.0 Å². The lowest BCUT2D eigenvalue weighted by molar-refractivity contribution is 0.397. The molecule has 1 aromatic heterocycles. The van der Waals surface area contributed by atoms with E-state index in [-0.39, 0.29) is 30.0 Å². The van der Waals surface area contributed by atoms with Crippen LogP contribution in [0.15, 0.2) is 23.2 Å². The van der Waals surface area contributed by atoms with Crippen molar-refractivity contribution in [1.29, 1.82) is 0 Å². The van der Waals surface area contributed by atoms with Gasteiger partial charge in [-0.3, -0.25) is 4.99 Å². The summed E-state index contributed by atoms with van der Waals surface area (Å²) < 4.78 is 7.42. The summed E-state index contributed by atoms with van der Waals surface area (Å²) in [6, 6.07) is 6.48. The van der Waals surface area contributed by atoms with Gasteiger partial charge < -0.3 is 15.4 Å². The van der Waals surface area contributed by atoms with Crippen molar-refractivity contribution in [2.75, 3.05) is 20.2 Å². The van der Waals surface area contributed by atoms with Gasteiger partial charge in [0, 0.05) is 19.6 Å². The molecule has 0 fully saturated rings. The molecule has 1 unspecified atom stereocenters. The maximum absolute atomic E-state index is 5.41. The second-order valence-electron chi connectivity index (χ2n) is 6.89. The molecule has 0 amide bonds. The summed E-state index contributed by atoms with van der Waals surface area (Å²) in [6.07, 6.45) is 3.00. The monoisotopic (exact) mass is 498 g/mol. The summed E-state index contributed by atoms with van der Waals surface area (Å²) >= 11 is 0. The van der Waals surface area contributed by atoms with E-state index in [0.717, 1.165) is 61.3 Å². The van der Waals surface area contributed by atoms with Crippen LogP contribution in [-0.4, -0.2) is 40.9 Å². The molecule has 1 atom stereocenters. The Morgan fingerprint density at radius 1 is 1.36 bits per heavy atom. The molecule has 154 valence electrons. The van der Waals surface area contributed by atoms with Crippen LogP contribution in [0.4, 0.5) is 0 Å². The van der Waals surface area contributed by atoms with Gasteiger partial charge in [0.15, 0.2) is 5.96 Å². The van der Waals surface area contributed by atoms with Crippen molar-refractivity contribution < 1.29 is 4.74 Å². The number of guanidine groups is 1. The van der Waals surface area contributed by atoms with E-state index in [9.17, 15) is 0 Å². The standard InChI is InChI=1S/C20H30N6O.HI/c1-5-21-20(22-11-10-16-9-8-14(2)18(13-16)27-4)24-17-7-6-12-26-19(17)23-15(3)25-26;/h8-9,13,17H,5-7,10-12H2,1-4H3,(H2,21,22,24);1H. The van der Waals surface area contributed by atoms with Crippen LogP contribution in [-0.2, 0) is 13.0 Å². The molecule has 0 aliphatic carbocycles. The quantitative estimate of drug-likeness (QED) is 0.364. The number of aryl methyl sites for hydroxylation is 3. The van der Waals surface area contributed by atoms with E-state index in [4.69, 9.17) is 9.73 Å². The van der Waals surface area contributed by atoms with Crippen LogP contribution in [0.5, 0.6) is 5.75 Å². The third kappa shape index (κ3) is 5.59. The zero-order valence-corrected chi connectivity index (χ0v) is 19.5. The summed E-state index contributed by atoms with van der Waals surface area (Å²) in [4.78, 5) is 9.35. The van der Waals surface area contributed by atoms with Crippen LogP contribution in [0.3, 0.4) is 0 Å². The Balaban J connectivity index is 0.00000280. The van der Waals surface area contributed by atoms with E-state index in [1.165, 1.54) is 5.56 Å². The summed E-state index contributed by atoms with van der Waals surface area (Å²) in [6.45, 7) is 8.55. The SMILES string of the molecule is CCNC(=NCCc1ccc(C)c(OC)c1)NC1CCCn2nc(C)nc21.I. The molecule has 2 aromatic rings. The number of nitrogens with zero attached hydrogens (tertiary/aromatic N) is 4. The van der Waals surface area contributed by atoms with Crippen LogP contribution in [0.1, 0.15) is 48.6 Å². The minimum Gasteiger partial charge on any atom is -0.496 e. The molecule has 3 rings (SSSR count). The number of methoxy groups -OCH3 is 1. The number of halogens is 1. The molecule has 1 aliphatic heterocycles. The number of rotatable bonds is 6. The largest absolute Gasteiger partial charge is 0.496 e. The van der Waals surface area contributed by atoms with E-state index < -0.39 is 0 Å². The summed E-state index contributed by atoms with van der Waals surface area (Å²) in [5.74, 6) is 3.59. The fraction of sp³-hybridized carbons (Fsp3) is 0.550. The minimum absolute atomic E-state index is 0. The fourth-order valence-corrected chi connectivity index (χ4v) is 3.41. The Kier molecular flexibility index (Phi) is 8.53. The van der Waals surface area contributed by atoms with Crippen molar-refractivity contribution in [2.45, 2.75) is 52.6 Å². The average molecular weight is 498 g/mol. The topological polar surface area (TPSA) is 76.4 Å². The lowest BCUT2D eigenvalue weighted by Gasteiger charge is -2.25. The van der Waals surface area contributed by atoms with Crippen molar-refractivity contribution in [3.63, 3.8) is 0 Å². The molecule has 0 saturated carbocycles. The lowest BCUT2D eigenvalue weighted by Crippen LogP contribution is -2.41. The van der Waals surface area contributed by atoms with E-state index in [0.29, 0.717) is 6.54 Å². The van der Waals surface area contributed by atoms with E-state index >= 15 is 0 Å². The smallest absolute Gasteiger partial charge is 0.191 e. The Morgan fingerprint density at radius 3 is 2.93 bits per heavy atom. The molecule has 0 saturated heterocycles. The third-order valence-corrected chi connectivity index (χ3v) is 4.78. The summed E-state index contributed by atoms with van der Waals surface area (Å²) in [7, 11) is 1.71. The van der Waals surface area contributed by atoms with Gasteiger partial charge in [-0.2, -0.15) is 5.10 Å². The molecular formula is C20H31IN6O. The van der Waals surface area contributed by atoms with Gasteiger partial charge in [0.25, 0.3) is 0 Å². The van der Waals surface area contributed by atoms with Gasteiger partial charge >= 0.3 is 0 Å². The highest BCUT2D eigenvalue weighted by Gasteiger charge is 2.24. The van der Waals surface area contributed by atoms with E-state index in [1.54, 1.807) is 7.11 Å². The number of benzene rings is 1. The number of aliphatic imine (C=N–C) groups is 1. The highest BCUT2D eigenvalue weighted by molar-refractivity contribution is 14.0. The molecule has 2 N–H and O–H groups in total. The zero-order chi connectivity index (χ0) is 19.2. The van der Waals surface area contributed by atoms with Crippen LogP contribution in [0.25, 0.3) is 0 Å². The highest BCUT2D eigenvalue weighted by Crippen LogP contribution is 2.23. The number of ether oxygens (including phenoxy) is 1. The third-order valence-electron chi connectivity index (χ3n) is 4.78. The zero-order valence-electron chi connectivity index (χ0n) is 17.2. The highest BCUT2D eigenvalue weighted by atomic mass is 127. The number of fused-ring (bicyclic) bond motifs is 1. The first kappa shape index (κ1) is 22.4. The summed E-state index contributed by atoms with van der Waals surface area (Å²) in [5.41, 5.74) is 2.38. The van der Waals surface area contributed by atoms with E-state index in [2.05, 4.69) is 52.8 Å². The molecule has 1 aromatic carbocycles. The first-order chi connectivity index (χ1) is 13.1. The second kappa shape index (κ2) is 10.6. The molecule has 8 heteroatoms. The van der Waals surface area contributed by atoms with Crippen molar-refractivity contribution in [3.8, 4) is 5.75 Å². The predicted octanol–water partition coefficient (Wildman–Crippen LogP) is 3.15. The number of hydrogen-bond donors (Lipinski definition) is 2. The normalized spacial score (nSPS) is 16.1. The molecule has 28 heavy (non-hydrogen) atoms. The van der Waals surface area contributed by atoms with Gasteiger partial charge in [0.2, 0.25) is 0 Å². The number of hydrogen-bond acceptors (Lipinski definition) is 4. The Morgan fingerprint density at radius 2 is 2.18 bits per heavy atom. The maximum atomic E-state index is 5.41. The molecule has 0 bridgehead atoms. The predicted molar refractivity (Wildman–Crippen MR) is 123 cm³/mol. The van der Waals surface area contributed by atoms with Crippen LogP contribution >= 0.6 is 24.0 Å². The molecule has 0 spiro atoms. The van der Waals surface area contributed by atoms with Gasteiger partial charge in [0.1, 0.15) is 17.4 Å². The van der Waals surface area contributed by atoms with Crippen molar-refractivity contribution in [1.82, 2.24) is 25.4 Å². The van der Waals surface area contributed by atoms with E-state index in [1.807, 2.05) is 11.6 Å². The van der Waals surface area contributed by atoms with Crippen LogP contribution in [0.2, 0.25) is 0 Å². The number of nitrogens with one attached hydrogen (secondary N) is 2. The van der Waals surface area contributed by atoms with Gasteiger partial charge in [0.05, 0.1) is 13.2 Å². The molecule has 1 aliphatic rings. The molecule has 2 heterocycles.